The van der Waals surface area contributed by atoms with Crippen LogP contribution in [0.2, 0.25) is 0 Å². The standard InChI is InChI=1S/C34H41N3O5/c1-3-20-40-34(39)35-30-11-7-10-29(21-30)33-41-31(25(2)32(42-33)28-14-12-27(24-38)13-15-28)23-37-18-16-36(17-19-37)22-26-8-5-4-6-9-26/h3-15,21,25,31-33,38H,1,16-20,22-24H2,2H3,(H,35,39). The fourth-order valence-electron chi connectivity index (χ4n) is 5.61. The zero-order valence-electron chi connectivity index (χ0n) is 24.2. The average Bonchev–Trinajstić information content (AvgIpc) is 3.02. The van der Waals surface area contributed by atoms with E-state index in [1.54, 1.807) is 0 Å². The highest BCUT2D eigenvalue weighted by Gasteiger charge is 2.39. The Morgan fingerprint density at radius 2 is 1.69 bits per heavy atom. The number of hydrogen-bond acceptors (Lipinski definition) is 7. The first kappa shape index (κ1) is 29.9. The predicted molar refractivity (Wildman–Crippen MR) is 163 cm³/mol. The Hall–Kier alpha value is -3.53. The van der Waals surface area contributed by atoms with Gasteiger partial charge in [0.05, 0.1) is 18.8 Å². The second-order valence-corrected chi connectivity index (χ2v) is 11.0. The number of nitrogens with one attached hydrogen (secondary N) is 1. The minimum Gasteiger partial charge on any atom is -0.445 e. The van der Waals surface area contributed by atoms with Crippen LogP contribution in [0, 0.1) is 5.92 Å². The van der Waals surface area contributed by atoms with E-state index in [0.717, 1.165) is 56.0 Å². The SMILES string of the molecule is C=CCOC(=O)Nc1cccc(C2OC(CN3CCN(Cc4ccccc4)CC3)C(C)C(c3ccc(CO)cc3)O2)c1. The lowest BCUT2D eigenvalue weighted by atomic mass is 9.90. The van der Waals surface area contributed by atoms with Crippen LogP contribution in [-0.2, 0) is 27.4 Å². The van der Waals surface area contributed by atoms with E-state index >= 15 is 0 Å². The molecule has 2 N–H and O–H groups in total. The number of amides is 1. The molecule has 3 aromatic carbocycles. The lowest BCUT2D eigenvalue weighted by Gasteiger charge is -2.44. The Labute approximate surface area is 248 Å². The monoisotopic (exact) mass is 571 g/mol. The molecule has 4 unspecified atom stereocenters. The molecule has 8 heteroatoms. The first-order valence-electron chi connectivity index (χ1n) is 14.7. The van der Waals surface area contributed by atoms with Gasteiger partial charge in [0.2, 0.25) is 0 Å². The maximum absolute atomic E-state index is 12.1. The third kappa shape index (κ3) is 7.85. The first-order valence-corrected chi connectivity index (χ1v) is 14.7. The summed E-state index contributed by atoms with van der Waals surface area (Å²) in [6.07, 6.45) is 0.102. The maximum Gasteiger partial charge on any atom is 0.411 e. The molecular formula is C34H41N3O5. The Morgan fingerprint density at radius 1 is 0.952 bits per heavy atom. The summed E-state index contributed by atoms with van der Waals surface area (Å²) < 4.78 is 18.3. The van der Waals surface area contributed by atoms with Crippen LogP contribution in [0.3, 0.4) is 0 Å². The van der Waals surface area contributed by atoms with E-state index in [2.05, 4.69) is 59.0 Å². The van der Waals surface area contributed by atoms with Gasteiger partial charge >= 0.3 is 6.09 Å². The first-order chi connectivity index (χ1) is 20.5. The van der Waals surface area contributed by atoms with Gasteiger partial charge in [0.15, 0.2) is 6.29 Å². The quantitative estimate of drug-likeness (QED) is 0.310. The van der Waals surface area contributed by atoms with E-state index in [0.29, 0.717) is 5.69 Å². The molecule has 0 aliphatic carbocycles. The highest BCUT2D eigenvalue weighted by molar-refractivity contribution is 5.84. The lowest BCUT2D eigenvalue weighted by Crippen LogP contribution is -2.51. The van der Waals surface area contributed by atoms with Gasteiger partial charge in [-0.15, -0.1) is 0 Å². The summed E-state index contributed by atoms with van der Waals surface area (Å²) in [5, 5.41) is 12.3. The Morgan fingerprint density at radius 3 is 2.40 bits per heavy atom. The van der Waals surface area contributed by atoms with Gasteiger partial charge in [-0.2, -0.15) is 0 Å². The summed E-state index contributed by atoms with van der Waals surface area (Å²) in [6, 6.07) is 26.1. The third-order valence-corrected chi connectivity index (χ3v) is 8.01. The van der Waals surface area contributed by atoms with Crippen molar-refractivity contribution in [3.05, 3.63) is 114 Å². The molecule has 0 saturated carbocycles. The fraction of sp³-hybridized carbons (Fsp3) is 0.382. The molecule has 2 fully saturated rings. The van der Waals surface area contributed by atoms with Crippen molar-refractivity contribution in [3.63, 3.8) is 0 Å². The summed E-state index contributed by atoms with van der Waals surface area (Å²) in [4.78, 5) is 17.1. The number of piperazine rings is 1. The van der Waals surface area contributed by atoms with E-state index in [4.69, 9.17) is 14.2 Å². The molecule has 2 aliphatic rings. The summed E-state index contributed by atoms with van der Waals surface area (Å²) >= 11 is 0. The van der Waals surface area contributed by atoms with Crippen LogP contribution in [0.4, 0.5) is 10.5 Å². The number of carbonyl (C=O) groups excluding carboxylic acids is 1. The second-order valence-electron chi connectivity index (χ2n) is 11.0. The van der Waals surface area contributed by atoms with Crippen molar-refractivity contribution in [3.8, 4) is 0 Å². The molecule has 2 saturated heterocycles. The molecule has 4 atom stereocenters. The molecule has 0 spiro atoms. The number of nitrogens with zero attached hydrogens (tertiary/aromatic N) is 2. The largest absolute Gasteiger partial charge is 0.445 e. The van der Waals surface area contributed by atoms with Crippen LogP contribution in [0.5, 0.6) is 0 Å². The summed E-state index contributed by atoms with van der Waals surface area (Å²) in [5.41, 5.74) is 4.67. The maximum atomic E-state index is 12.1. The molecule has 0 radical (unpaired) electrons. The van der Waals surface area contributed by atoms with Crippen molar-refractivity contribution in [2.24, 2.45) is 5.92 Å². The van der Waals surface area contributed by atoms with Crippen LogP contribution in [-0.4, -0.2) is 66.4 Å². The minimum atomic E-state index is -0.612. The van der Waals surface area contributed by atoms with Gasteiger partial charge in [0, 0.05) is 56.4 Å². The highest BCUT2D eigenvalue weighted by Crippen LogP contribution is 2.42. The fourth-order valence-corrected chi connectivity index (χ4v) is 5.61. The summed E-state index contributed by atoms with van der Waals surface area (Å²) in [7, 11) is 0. The molecular weight excluding hydrogens is 530 g/mol. The third-order valence-electron chi connectivity index (χ3n) is 8.01. The Balaban J connectivity index is 1.29. The Bertz CT molecular complexity index is 1290. The van der Waals surface area contributed by atoms with Gasteiger partial charge in [-0.1, -0.05) is 86.3 Å². The van der Waals surface area contributed by atoms with Crippen LogP contribution >= 0.6 is 0 Å². The van der Waals surface area contributed by atoms with E-state index in [9.17, 15) is 9.90 Å². The number of aliphatic hydroxyl groups is 1. The second kappa shape index (κ2) is 14.6. The molecule has 2 heterocycles. The number of hydrogen-bond donors (Lipinski definition) is 2. The number of benzene rings is 3. The Kier molecular flexibility index (Phi) is 10.4. The van der Waals surface area contributed by atoms with Crippen LogP contribution in [0.15, 0.2) is 91.5 Å². The molecule has 1 amide bonds. The normalized spacial score (nSPS) is 23.3. The zero-order valence-corrected chi connectivity index (χ0v) is 24.2. The number of carbonyl (C=O) groups is 1. The number of ether oxygens (including phenoxy) is 3. The zero-order chi connectivity index (χ0) is 29.3. The highest BCUT2D eigenvalue weighted by atomic mass is 16.7. The topological polar surface area (TPSA) is 83.5 Å². The molecule has 222 valence electrons. The van der Waals surface area contributed by atoms with Crippen molar-refractivity contribution in [1.82, 2.24) is 9.80 Å². The van der Waals surface area contributed by atoms with Gasteiger partial charge in [-0.05, 0) is 28.8 Å². The number of aliphatic hydroxyl groups excluding tert-OH is 1. The minimum absolute atomic E-state index is 0.000987. The molecule has 8 nitrogen and oxygen atoms in total. The molecule has 3 aromatic rings. The van der Waals surface area contributed by atoms with E-state index in [-0.39, 0.29) is 31.3 Å². The molecule has 2 aliphatic heterocycles. The van der Waals surface area contributed by atoms with Crippen LogP contribution in [0.1, 0.15) is 41.6 Å². The van der Waals surface area contributed by atoms with Crippen molar-refractivity contribution in [1.29, 1.82) is 0 Å². The summed E-state index contributed by atoms with van der Waals surface area (Å²) in [6.45, 7) is 11.7. The van der Waals surface area contributed by atoms with Gasteiger partial charge < -0.3 is 19.3 Å². The summed E-state index contributed by atoms with van der Waals surface area (Å²) in [5.74, 6) is 0.0961. The number of rotatable bonds is 10. The van der Waals surface area contributed by atoms with E-state index in [1.165, 1.54) is 11.6 Å². The van der Waals surface area contributed by atoms with Crippen molar-refractivity contribution >= 4 is 11.8 Å². The van der Waals surface area contributed by atoms with Crippen LogP contribution < -0.4 is 5.32 Å². The molecule has 0 aromatic heterocycles. The smallest absolute Gasteiger partial charge is 0.411 e. The number of anilines is 1. The van der Waals surface area contributed by atoms with Gasteiger partial charge in [0.25, 0.3) is 0 Å². The van der Waals surface area contributed by atoms with Gasteiger partial charge in [-0.25, -0.2) is 4.79 Å². The van der Waals surface area contributed by atoms with Crippen molar-refractivity contribution in [2.45, 2.75) is 38.6 Å². The van der Waals surface area contributed by atoms with Crippen molar-refractivity contribution < 1.29 is 24.1 Å². The molecule has 5 rings (SSSR count). The predicted octanol–water partition coefficient (Wildman–Crippen LogP) is 5.52. The average molecular weight is 572 g/mol. The molecule has 42 heavy (non-hydrogen) atoms. The van der Waals surface area contributed by atoms with E-state index < -0.39 is 12.4 Å². The van der Waals surface area contributed by atoms with Gasteiger partial charge in [-0.3, -0.25) is 15.1 Å². The van der Waals surface area contributed by atoms with Crippen LogP contribution in [0.25, 0.3) is 0 Å². The van der Waals surface area contributed by atoms with Crippen molar-refractivity contribution in [2.75, 3.05) is 44.6 Å². The van der Waals surface area contributed by atoms with E-state index in [1.807, 2.05) is 48.5 Å². The molecule has 0 bridgehead atoms. The van der Waals surface area contributed by atoms with Gasteiger partial charge in [0.1, 0.15) is 6.61 Å². The lowest BCUT2D eigenvalue weighted by molar-refractivity contribution is -0.276.